The summed E-state index contributed by atoms with van der Waals surface area (Å²) in [4.78, 5) is 26.2. The van der Waals surface area contributed by atoms with Crippen LogP contribution in [0.3, 0.4) is 0 Å². The van der Waals surface area contributed by atoms with Crippen LogP contribution in [0.15, 0.2) is 64.1 Å². The lowest BCUT2D eigenvalue weighted by atomic mass is 10.1. The molecule has 122 valence electrons. The molecular formula is C18H15FN2O3. The number of H-pyrrole nitrogens is 1. The maximum absolute atomic E-state index is 13.7. The van der Waals surface area contributed by atoms with Crippen molar-refractivity contribution in [3.63, 3.8) is 0 Å². The largest absolute Gasteiger partial charge is 0.461 e. The first-order valence-corrected chi connectivity index (χ1v) is 7.44. The van der Waals surface area contributed by atoms with E-state index in [1.54, 1.807) is 30.3 Å². The minimum atomic E-state index is -0.362. The second-order valence-electron chi connectivity index (χ2n) is 5.22. The van der Waals surface area contributed by atoms with E-state index < -0.39 is 0 Å². The van der Waals surface area contributed by atoms with Gasteiger partial charge in [0, 0.05) is 31.3 Å². The monoisotopic (exact) mass is 326 g/mol. The summed E-state index contributed by atoms with van der Waals surface area (Å²) in [6, 6.07) is 11.1. The Kier molecular flexibility index (Phi) is 4.56. The molecule has 0 saturated carbocycles. The Morgan fingerprint density at radius 2 is 2.00 bits per heavy atom. The normalized spacial score (nSPS) is 10.5. The highest BCUT2D eigenvalue weighted by Gasteiger charge is 2.11. The van der Waals surface area contributed by atoms with Crippen LogP contribution in [0.5, 0.6) is 0 Å². The number of hydrogen-bond acceptors (Lipinski definition) is 3. The number of aryl methyl sites for hydroxylation is 1. The number of amides is 1. The fourth-order valence-corrected chi connectivity index (χ4v) is 2.28. The topological polar surface area (TPSA) is 75.1 Å². The highest BCUT2D eigenvalue weighted by molar-refractivity contribution is 5.90. The molecule has 24 heavy (non-hydrogen) atoms. The fraction of sp³-hybridized carbons (Fsp3) is 0.111. The highest BCUT2D eigenvalue weighted by Crippen LogP contribution is 2.25. The molecule has 5 nitrogen and oxygen atoms in total. The number of nitrogens with one attached hydrogen (secondary N) is 2. The van der Waals surface area contributed by atoms with Crippen LogP contribution < -0.4 is 10.7 Å². The quantitative estimate of drug-likeness (QED) is 0.755. The first-order valence-electron chi connectivity index (χ1n) is 7.44. The van der Waals surface area contributed by atoms with Crippen molar-refractivity contribution in [2.45, 2.75) is 12.8 Å². The lowest BCUT2D eigenvalue weighted by Crippen LogP contribution is -2.18. The maximum atomic E-state index is 13.7. The van der Waals surface area contributed by atoms with Crippen LogP contribution in [0.2, 0.25) is 0 Å². The number of aromatic amines is 1. The van der Waals surface area contributed by atoms with Crippen LogP contribution in [0, 0.1) is 5.82 Å². The van der Waals surface area contributed by atoms with E-state index in [2.05, 4.69) is 10.3 Å². The Balaban J connectivity index is 1.62. The predicted octanol–water partition coefficient (Wildman–Crippen LogP) is 3.35. The predicted molar refractivity (Wildman–Crippen MR) is 88.1 cm³/mol. The van der Waals surface area contributed by atoms with Crippen molar-refractivity contribution in [2.75, 3.05) is 5.32 Å². The molecular weight excluding hydrogens is 311 g/mol. The van der Waals surface area contributed by atoms with E-state index in [4.69, 9.17) is 4.42 Å². The molecule has 0 aliphatic rings. The van der Waals surface area contributed by atoms with Crippen LogP contribution in [-0.4, -0.2) is 10.9 Å². The standard InChI is InChI=1S/C18H15FN2O3/c19-14-4-2-1-3-13(14)17-7-5-12(24-17)6-8-18(23)21-15-11-20-10-9-16(15)22/h1-5,7,9-11H,6,8H2,(H,20,22)(H,21,23). The molecule has 0 unspecified atom stereocenters. The second kappa shape index (κ2) is 6.95. The fourth-order valence-electron chi connectivity index (χ4n) is 2.28. The highest BCUT2D eigenvalue weighted by atomic mass is 19.1. The minimum Gasteiger partial charge on any atom is -0.461 e. The number of carbonyl (C=O) groups excluding carboxylic acids is 1. The average molecular weight is 326 g/mol. The van der Waals surface area contributed by atoms with E-state index in [0.29, 0.717) is 23.5 Å². The molecule has 0 saturated heterocycles. The summed E-state index contributed by atoms with van der Waals surface area (Å²) in [5, 5.41) is 2.54. The van der Waals surface area contributed by atoms with Gasteiger partial charge in [-0.15, -0.1) is 0 Å². The first-order chi connectivity index (χ1) is 11.6. The molecule has 2 N–H and O–H groups in total. The number of halogens is 1. The number of pyridine rings is 1. The summed E-state index contributed by atoms with van der Waals surface area (Å²) in [5.41, 5.74) is 0.319. The van der Waals surface area contributed by atoms with Crippen molar-refractivity contribution >= 4 is 11.6 Å². The minimum absolute atomic E-state index is 0.151. The van der Waals surface area contributed by atoms with Gasteiger partial charge < -0.3 is 14.7 Å². The lowest BCUT2D eigenvalue weighted by Gasteiger charge is -2.03. The molecule has 3 rings (SSSR count). The summed E-state index contributed by atoms with van der Waals surface area (Å²) >= 11 is 0. The molecule has 1 amide bonds. The summed E-state index contributed by atoms with van der Waals surface area (Å²) in [7, 11) is 0. The molecule has 2 heterocycles. The van der Waals surface area contributed by atoms with Gasteiger partial charge in [-0.3, -0.25) is 9.59 Å². The number of carbonyl (C=O) groups is 1. The van der Waals surface area contributed by atoms with Gasteiger partial charge in [-0.25, -0.2) is 4.39 Å². The number of hydrogen-bond donors (Lipinski definition) is 2. The number of benzene rings is 1. The molecule has 0 radical (unpaired) electrons. The van der Waals surface area contributed by atoms with Crippen LogP contribution >= 0.6 is 0 Å². The Morgan fingerprint density at radius 3 is 2.79 bits per heavy atom. The van der Waals surface area contributed by atoms with Gasteiger partial charge in [-0.05, 0) is 24.3 Å². The van der Waals surface area contributed by atoms with Gasteiger partial charge in [0.1, 0.15) is 23.0 Å². The number of aromatic nitrogens is 1. The zero-order chi connectivity index (χ0) is 16.9. The molecule has 0 aliphatic heterocycles. The summed E-state index contributed by atoms with van der Waals surface area (Å²) in [6.07, 6.45) is 3.43. The lowest BCUT2D eigenvalue weighted by molar-refractivity contribution is -0.116. The molecule has 0 atom stereocenters. The van der Waals surface area contributed by atoms with Crippen molar-refractivity contribution in [2.24, 2.45) is 0 Å². The van der Waals surface area contributed by atoms with E-state index in [9.17, 15) is 14.0 Å². The molecule has 0 spiro atoms. The number of furan rings is 1. The Labute approximate surface area is 137 Å². The third-order valence-corrected chi connectivity index (χ3v) is 3.50. The molecule has 0 bridgehead atoms. The van der Waals surface area contributed by atoms with Gasteiger partial charge in [0.15, 0.2) is 0 Å². The molecule has 0 aliphatic carbocycles. The van der Waals surface area contributed by atoms with E-state index >= 15 is 0 Å². The van der Waals surface area contributed by atoms with Crippen LogP contribution in [0.25, 0.3) is 11.3 Å². The Morgan fingerprint density at radius 1 is 1.17 bits per heavy atom. The van der Waals surface area contributed by atoms with Gasteiger partial charge in [0.05, 0.1) is 5.56 Å². The maximum Gasteiger partial charge on any atom is 0.224 e. The molecule has 6 heteroatoms. The summed E-state index contributed by atoms with van der Waals surface area (Å²) < 4.78 is 19.3. The zero-order valence-corrected chi connectivity index (χ0v) is 12.7. The third kappa shape index (κ3) is 3.60. The zero-order valence-electron chi connectivity index (χ0n) is 12.7. The van der Waals surface area contributed by atoms with Gasteiger partial charge in [-0.1, -0.05) is 12.1 Å². The first kappa shape index (κ1) is 15.7. The number of rotatable bonds is 5. The molecule has 3 aromatic rings. The smallest absolute Gasteiger partial charge is 0.224 e. The molecule has 1 aromatic carbocycles. The Hall–Kier alpha value is -3.15. The van der Waals surface area contributed by atoms with E-state index in [-0.39, 0.29) is 29.3 Å². The van der Waals surface area contributed by atoms with E-state index in [1.807, 2.05) is 0 Å². The van der Waals surface area contributed by atoms with Gasteiger partial charge in [-0.2, -0.15) is 0 Å². The average Bonchev–Trinajstić information content (AvgIpc) is 3.04. The third-order valence-electron chi connectivity index (χ3n) is 3.50. The van der Waals surface area contributed by atoms with E-state index in [1.165, 1.54) is 24.5 Å². The molecule has 0 fully saturated rings. The van der Waals surface area contributed by atoms with Gasteiger partial charge in [0.25, 0.3) is 0 Å². The van der Waals surface area contributed by atoms with Crippen LogP contribution in [-0.2, 0) is 11.2 Å². The van der Waals surface area contributed by atoms with Gasteiger partial charge >= 0.3 is 0 Å². The number of anilines is 1. The Bertz CT molecular complexity index is 914. The van der Waals surface area contributed by atoms with Crippen molar-refractivity contribution in [1.82, 2.24) is 4.98 Å². The van der Waals surface area contributed by atoms with Crippen LogP contribution in [0.1, 0.15) is 12.2 Å². The summed E-state index contributed by atoms with van der Waals surface area (Å²) in [5.74, 6) is 0.336. The van der Waals surface area contributed by atoms with Crippen molar-refractivity contribution in [3.8, 4) is 11.3 Å². The van der Waals surface area contributed by atoms with Crippen molar-refractivity contribution in [3.05, 3.63) is 76.7 Å². The van der Waals surface area contributed by atoms with Crippen molar-refractivity contribution in [1.29, 1.82) is 0 Å². The summed E-state index contributed by atoms with van der Waals surface area (Å²) in [6.45, 7) is 0. The van der Waals surface area contributed by atoms with Crippen LogP contribution in [0.4, 0.5) is 10.1 Å². The van der Waals surface area contributed by atoms with E-state index in [0.717, 1.165) is 0 Å². The second-order valence-corrected chi connectivity index (χ2v) is 5.22. The molecule has 2 aromatic heterocycles. The van der Waals surface area contributed by atoms with Gasteiger partial charge in [0.2, 0.25) is 11.3 Å². The van der Waals surface area contributed by atoms with Crippen molar-refractivity contribution < 1.29 is 13.6 Å². The SMILES string of the molecule is O=C(CCc1ccc(-c2ccccc2F)o1)Nc1c[nH]ccc1=O.